The molecule has 1 saturated heterocycles. The number of aromatic nitrogens is 1. The van der Waals surface area contributed by atoms with Gasteiger partial charge >= 0.3 is 0 Å². The molecule has 1 fully saturated rings. The van der Waals surface area contributed by atoms with Crippen LogP contribution in [0.25, 0.3) is 0 Å². The molecule has 0 atom stereocenters. The van der Waals surface area contributed by atoms with E-state index >= 15 is 0 Å². The summed E-state index contributed by atoms with van der Waals surface area (Å²) in [7, 11) is -3.71. The van der Waals surface area contributed by atoms with E-state index in [1.165, 1.54) is 16.1 Å². The van der Waals surface area contributed by atoms with Crippen LogP contribution in [0.5, 0.6) is 0 Å². The molecule has 1 aliphatic rings. The molecule has 2 heterocycles. The Hall–Kier alpha value is -1.94. The quantitative estimate of drug-likeness (QED) is 0.738. The van der Waals surface area contributed by atoms with E-state index in [-0.39, 0.29) is 16.6 Å². The molecule has 9 heteroatoms. The fourth-order valence-corrected chi connectivity index (χ4v) is 4.93. The molecule has 1 aromatic heterocycles. The van der Waals surface area contributed by atoms with Gasteiger partial charge in [-0.15, -0.1) is 0 Å². The van der Waals surface area contributed by atoms with E-state index in [4.69, 9.17) is 4.74 Å². The lowest BCUT2D eigenvalue weighted by atomic mass is 10.2. The molecule has 0 radical (unpaired) electrons. The minimum atomic E-state index is -3.71. The van der Waals surface area contributed by atoms with Crippen LogP contribution < -0.4 is 5.32 Å². The summed E-state index contributed by atoms with van der Waals surface area (Å²) < 4.78 is 32.7. The van der Waals surface area contributed by atoms with E-state index in [2.05, 4.69) is 10.3 Å². The number of rotatable bonds is 6. The lowest BCUT2D eigenvalue weighted by molar-refractivity contribution is -0.113. The maximum absolute atomic E-state index is 13.0. The van der Waals surface area contributed by atoms with Gasteiger partial charge in [0.05, 0.1) is 29.7 Å². The van der Waals surface area contributed by atoms with Gasteiger partial charge in [-0.1, -0.05) is 23.9 Å². The highest BCUT2D eigenvalue weighted by Gasteiger charge is 2.29. The largest absolute Gasteiger partial charge is 0.379 e. The van der Waals surface area contributed by atoms with Crippen LogP contribution in [0.15, 0.2) is 52.5 Å². The molecule has 0 unspecified atom stereocenters. The van der Waals surface area contributed by atoms with E-state index in [0.29, 0.717) is 32.0 Å². The van der Waals surface area contributed by atoms with E-state index in [1.807, 2.05) is 19.1 Å². The van der Waals surface area contributed by atoms with Crippen LogP contribution in [-0.2, 0) is 19.6 Å². The van der Waals surface area contributed by atoms with Gasteiger partial charge in [0.15, 0.2) is 0 Å². The molecule has 0 bridgehead atoms. The molecule has 0 saturated carbocycles. The van der Waals surface area contributed by atoms with Crippen molar-refractivity contribution in [3.63, 3.8) is 0 Å². The molecular weight excluding hydrogens is 386 g/mol. The maximum Gasteiger partial charge on any atom is 0.245 e. The van der Waals surface area contributed by atoms with Crippen LogP contribution in [0.1, 0.15) is 5.56 Å². The van der Waals surface area contributed by atoms with Gasteiger partial charge in [-0.25, -0.2) is 13.4 Å². The lowest BCUT2D eigenvalue weighted by Gasteiger charge is -2.27. The first-order valence-corrected chi connectivity index (χ1v) is 10.9. The first kappa shape index (κ1) is 19.8. The highest BCUT2D eigenvalue weighted by molar-refractivity contribution is 7.99. The van der Waals surface area contributed by atoms with Crippen LogP contribution in [-0.4, -0.2) is 55.7 Å². The fourth-order valence-electron chi connectivity index (χ4n) is 2.63. The predicted molar refractivity (Wildman–Crippen MR) is 104 cm³/mol. The Balaban J connectivity index is 1.76. The van der Waals surface area contributed by atoms with Crippen LogP contribution in [0.3, 0.4) is 0 Å². The van der Waals surface area contributed by atoms with Gasteiger partial charge < -0.3 is 10.1 Å². The third-order valence-corrected chi connectivity index (χ3v) is 6.87. The molecule has 0 aliphatic carbocycles. The Kier molecular flexibility index (Phi) is 6.48. The Morgan fingerprint density at radius 1 is 1.26 bits per heavy atom. The standard InChI is InChI=1S/C18H21N3O4S2/c1-14-5-6-15(20-17(22)13-26-18-4-2-3-7-19-18)16(12-14)27(23,24)21-8-10-25-11-9-21/h2-7,12H,8-11,13H2,1H3,(H,20,22). The van der Waals surface area contributed by atoms with Gasteiger partial charge in [0, 0.05) is 19.3 Å². The number of ether oxygens (including phenoxy) is 1. The van der Waals surface area contributed by atoms with Crippen molar-refractivity contribution in [2.75, 3.05) is 37.4 Å². The van der Waals surface area contributed by atoms with E-state index in [1.54, 1.807) is 30.5 Å². The van der Waals surface area contributed by atoms with Crippen molar-refractivity contribution in [1.82, 2.24) is 9.29 Å². The highest BCUT2D eigenvalue weighted by atomic mass is 32.2. The third kappa shape index (κ3) is 5.07. The summed E-state index contributed by atoms with van der Waals surface area (Å²) >= 11 is 1.29. The summed E-state index contributed by atoms with van der Waals surface area (Å²) in [5, 5.41) is 3.46. The molecule has 1 aliphatic heterocycles. The van der Waals surface area contributed by atoms with Crippen LogP contribution in [0.4, 0.5) is 5.69 Å². The molecule has 1 amide bonds. The number of nitrogens with one attached hydrogen (secondary N) is 1. The third-order valence-electron chi connectivity index (χ3n) is 3.99. The van der Waals surface area contributed by atoms with Crippen molar-refractivity contribution in [3.8, 4) is 0 Å². The zero-order valence-corrected chi connectivity index (χ0v) is 16.6. The number of sulfonamides is 1. The minimum Gasteiger partial charge on any atom is -0.379 e. The number of aryl methyl sites for hydroxylation is 1. The number of carbonyl (C=O) groups is 1. The Morgan fingerprint density at radius 3 is 2.74 bits per heavy atom. The maximum atomic E-state index is 13.0. The number of nitrogens with zero attached hydrogens (tertiary/aromatic N) is 2. The second kappa shape index (κ2) is 8.83. The topological polar surface area (TPSA) is 88.6 Å². The van der Waals surface area contributed by atoms with Crippen molar-refractivity contribution in [2.45, 2.75) is 16.8 Å². The summed E-state index contributed by atoms with van der Waals surface area (Å²) in [6.07, 6.45) is 1.66. The minimum absolute atomic E-state index is 0.112. The van der Waals surface area contributed by atoms with Gasteiger partial charge in [-0.2, -0.15) is 4.31 Å². The summed E-state index contributed by atoms with van der Waals surface area (Å²) in [6.45, 7) is 3.17. The normalized spacial score (nSPS) is 15.4. The second-order valence-electron chi connectivity index (χ2n) is 6.02. The number of hydrogen-bond donors (Lipinski definition) is 1. The number of anilines is 1. The van der Waals surface area contributed by atoms with Gasteiger partial charge in [0.2, 0.25) is 15.9 Å². The van der Waals surface area contributed by atoms with Gasteiger partial charge in [-0.3, -0.25) is 4.79 Å². The van der Waals surface area contributed by atoms with Crippen molar-refractivity contribution in [2.24, 2.45) is 0 Å². The van der Waals surface area contributed by atoms with E-state index < -0.39 is 10.0 Å². The van der Waals surface area contributed by atoms with Gasteiger partial charge in [0.1, 0.15) is 4.90 Å². The van der Waals surface area contributed by atoms with Crippen molar-refractivity contribution < 1.29 is 17.9 Å². The van der Waals surface area contributed by atoms with Gasteiger partial charge in [0.25, 0.3) is 0 Å². The van der Waals surface area contributed by atoms with Crippen LogP contribution in [0.2, 0.25) is 0 Å². The first-order valence-electron chi connectivity index (χ1n) is 8.49. The van der Waals surface area contributed by atoms with Crippen LogP contribution >= 0.6 is 11.8 Å². The number of pyridine rings is 1. The number of carbonyl (C=O) groups excluding carboxylic acids is 1. The molecule has 3 rings (SSSR count). The number of morpholine rings is 1. The van der Waals surface area contributed by atoms with E-state index in [0.717, 1.165) is 10.6 Å². The average molecular weight is 408 g/mol. The average Bonchev–Trinajstić information content (AvgIpc) is 2.69. The molecule has 27 heavy (non-hydrogen) atoms. The molecule has 7 nitrogen and oxygen atoms in total. The SMILES string of the molecule is Cc1ccc(NC(=O)CSc2ccccn2)c(S(=O)(=O)N2CCOCC2)c1. The number of hydrogen-bond acceptors (Lipinski definition) is 6. The summed E-state index contributed by atoms with van der Waals surface area (Å²) in [5.41, 5.74) is 1.10. The van der Waals surface area contributed by atoms with Crippen molar-refractivity contribution in [1.29, 1.82) is 0 Å². The number of benzene rings is 1. The Bertz CT molecular complexity index is 898. The van der Waals surface area contributed by atoms with E-state index in [9.17, 15) is 13.2 Å². The predicted octanol–water partition coefficient (Wildman–Crippen LogP) is 2.14. The smallest absolute Gasteiger partial charge is 0.245 e. The molecule has 144 valence electrons. The molecule has 2 aromatic rings. The fraction of sp³-hybridized carbons (Fsp3) is 0.333. The number of amides is 1. The first-order chi connectivity index (χ1) is 13.0. The zero-order chi connectivity index (χ0) is 19.3. The highest BCUT2D eigenvalue weighted by Crippen LogP contribution is 2.27. The molecule has 0 spiro atoms. The van der Waals surface area contributed by atoms with Crippen molar-refractivity contribution >= 4 is 33.4 Å². The Morgan fingerprint density at radius 2 is 2.04 bits per heavy atom. The monoisotopic (exact) mass is 407 g/mol. The Labute approximate surface area is 163 Å². The summed E-state index contributed by atoms with van der Waals surface area (Å²) in [5.74, 6) is -0.144. The van der Waals surface area contributed by atoms with Crippen molar-refractivity contribution in [3.05, 3.63) is 48.2 Å². The lowest BCUT2D eigenvalue weighted by Crippen LogP contribution is -2.41. The molecular formula is C18H21N3O4S2. The molecule has 1 N–H and O–H groups in total. The zero-order valence-electron chi connectivity index (χ0n) is 14.9. The number of thioether (sulfide) groups is 1. The molecule has 1 aromatic carbocycles. The van der Waals surface area contributed by atoms with Crippen LogP contribution in [0, 0.1) is 6.92 Å². The summed E-state index contributed by atoms with van der Waals surface area (Å²) in [4.78, 5) is 16.6. The van der Waals surface area contributed by atoms with Gasteiger partial charge in [-0.05, 0) is 36.8 Å². The second-order valence-corrected chi connectivity index (χ2v) is 8.92. The summed E-state index contributed by atoms with van der Waals surface area (Å²) in [6, 6.07) is 10.5.